The molecule has 0 bridgehead atoms. The number of pyridine rings is 2. The van der Waals surface area contributed by atoms with Gasteiger partial charge in [0, 0.05) is 35.4 Å². The Balaban J connectivity index is 1.83. The molecule has 3 heterocycles. The Kier molecular flexibility index (Phi) is 5.45. The van der Waals surface area contributed by atoms with Crippen molar-refractivity contribution in [1.82, 2.24) is 0 Å². The Morgan fingerprint density at radius 1 is 0.920 bits per heavy atom. The first-order chi connectivity index (χ1) is 12.0. The van der Waals surface area contributed by atoms with Crippen molar-refractivity contribution in [3.63, 3.8) is 0 Å². The van der Waals surface area contributed by atoms with Gasteiger partial charge in [0.2, 0.25) is 0 Å². The molecule has 0 amide bonds. The average molecular weight is 376 g/mol. The molecule has 0 spiro atoms. The first-order valence-electron chi connectivity index (χ1n) is 8.06. The van der Waals surface area contributed by atoms with Gasteiger partial charge in [0.25, 0.3) is 0 Å². The summed E-state index contributed by atoms with van der Waals surface area (Å²) in [4.78, 5) is 18.0. The van der Waals surface area contributed by atoms with Crippen LogP contribution in [-0.2, 0) is 17.7 Å². The molecular weight excluding hydrogens is 355 g/mol. The van der Waals surface area contributed by atoms with Crippen molar-refractivity contribution in [2.24, 2.45) is 0 Å². The third-order valence-corrected chi connectivity index (χ3v) is 5.61. The standard InChI is InChI=1S/C18H19N2O3PS/c1-2-19-7-3-15(4-8-19)17-13-25-14-18(17)16-5-9-20(10-6-16)11-12-24(21,22)23/h3-10,13-14H,2,11-12H2,1H3/p+2. The minimum Gasteiger partial charge on any atom is -0.324 e. The summed E-state index contributed by atoms with van der Waals surface area (Å²) in [7, 11) is -3.97. The van der Waals surface area contributed by atoms with E-state index in [1.54, 1.807) is 15.9 Å². The number of hydrogen-bond acceptors (Lipinski definition) is 2. The normalized spacial score (nSPS) is 11.6. The first kappa shape index (κ1) is 18.0. The van der Waals surface area contributed by atoms with E-state index in [4.69, 9.17) is 9.79 Å². The van der Waals surface area contributed by atoms with Crippen LogP contribution < -0.4 is 9.13 Å². The van der Waals surface area contributed by atoms with Crippen molar-refractivity contribution in [2.75, 3.05) is 6.16 Å². The van der Waals surface area contributed by atoms with Crippen molar-refractivity contribution in [2.45, 2.75) is 20.0 Å². The number of hydrogen-bond donors (Lipinski definition) is 2. The molecule has 0 fully saturated rings. The zero-order valence-corrected chi connectivity index (χ0v) is 15.7. The summed E-state index contributed by atoms with van der Waals surface area (Å²) in [6.45, 7) is 3.36. The molecule has 0 saturated carbocycles. The molecule has 0 aromatic carbocycles. The van der Waals surface area contributed by atoms with E-state index >= 15 is 0 Å². The van der Waals surface area contributed by atoms with Crippen LogP contribution in [0.5, 0.6) is 0 Å². The largest absolute Gasteiger partial charge is 0.331 e. The highest BCUT2D eigenvalue weighted by atomic mass is 32.1. The summed E-state index contributed by atoms with van der Waals surface area (Å²) >= 11 is 1.67. The van der Waals surface area contributed by atoms with E-state index in [1.165, 1.54) is 16.7 Å². The Bertz CT molecular complexity index is 885. The average Bonchev–Trinajstić information content (AvgIpc) is 3.09. The van der Waals surface area contributed by atoms with Gasteiger partial charge < -0.3 is 9.79 Å². The van der Waals surface area contributed by atoms with Gasteiger partial charge in [0.05, 0.1) is 0 Å². The number of rotatable bonds is 6. The fourth-order valence-corrected chi connectivity index (χ4v) is 3.98. The molecule has 0 unspecified atom stereocenters. The summed E-state index contributed by atoms with van der Waals surface area (Å²) in [6, 6.07) is 8.22. The second kappa shape index (κ2) is 7.58. The van der Waals surface area contributed by atoms with Crippen LogP contribution >= 0.6 is 18.9 Å². The van der Waals surface area contributed by atoms with E-state index in [0.29, 0.717) is 6.54 Å². The Morgan fingerprint density at radius 3 is 1.84 bits per heavy atom. The lowest BCUT2D eigenvalue weighted by atomic mass is 10.0. The third kappa shape index (κ3) is 4.61. The van der Waals surface area contributed by atoms with Gasteiger partial charge in [-0.15, -0.1) is 0 Å². The molecule has 3 aromatic rings. The van der Waals surface area contributed by atoms with Crippen molar-refractivity contribution in [3.05, 3.63) is 59.8 Å². The molecule has 5 nitrogen and oxygen atoms in total. The molecule has 0 aliphatic heterocycles. The summed E-state index contributed by atoms with van der Waals surface area (Å²) in [5, 5.41) is 4.28. The number of nitrogens with zero attached hydrogens (tertiary/aromatic N) is 2. The second-order valence-corrected chi connectivity index (χ2v) is 8.35. The zero-order valence-electron chi connectivity index (χ0n) is 13.9. The van der Waals surface area contributed by atoms with Gasteiger partial charge in [-0.3, -0.25) is 4.57 Å². The summed E-state index contributed by atoms with van der Waals surface area (Å²) in [5.74, 6) is 0. The van der Waals surface area contributed by atoms with Crippen molar-refractivity contribution in [3.8, 4) is 22.3 Å². The molecule has 130 valence electrons. The Labute approximate surface area is 151 Å². The van der Waals surface area contributed by atoms with Gasteiger partial charge in [-0.2, -0.15) is 11.3 Å². The van der Waals surface area contributed by atoms with Gasteiger partial charge in [-0.1, -0.05) is 0 Å². The van der Waals surface area contributed by atoms with Crippen molar-refractivity contribution in [1.29, 1.82) is 0 Å². The number of aromatic nitrogens is 2. The number of aryl methyl sites for hydroxylation is 2. The van der Waals surface area contributed by atoms with E-state index in [9.17, 15) is 4.57 Å². The molecule has 25 heavy (non-hydrogen) atoms. The molecule has 0 radical (unpaired) electrons. The van der Waals surface area contributed by atoms with Crippen molar-refractivity contribution >= 4 is 18.9 Å². The lowest BCUT2D eigenvalue weighted by Crippen LogP contribution is -2.34. The second-order valence-electron chi connectivity index (χ2n) is 5.83. The topological polar surface area (TPSA) is 65.3 Å². The zero-order chi connectivity index (χ0) is 17.9. The quantitative estimate of drug-likeness (QED) is 0.514. The predicted octanol–water partition coefficient (Wildman–Crippen LogP) is 2.85. The van der Waals surface area contributed by atoms with E-state index < -0.39 is 7.60 Å². The molecule has 0 saturated heterocycles. The van der Waals surface area contributed by atoms with Crippen LogP contribution in [0.4, 0.5) is 0 Å². The lowest BCUT2D eigenvalue weighted by molar-refractivity contribution is -0.693. The molecular formula is C18H21N2O3PS+2. The molecule has 3 rings (SSSR count). The Morgan fingerprint density at radius 2 is 1.40 bits per heavy atom. The predicted molar refractivity (Wildman–Crippen MR) is 98.2 cm³/mol. The molecule has 7 heteroatoms. The molecule has 0 atom stereocenters. The highest BCUT2D eigenvalue weighted by Gasteiger charge is 2.16. The van der Waals surface area contributed by atoms with Gasteiger partial charge >= 0.3 is 7.60 Å². The van der Waals surface area contributed by atoms with E-state index in [-0.39, 0.29) is 6.16 Å². The SMILES string of the molecule is CC[n+]1ccc(-c2cscc2-c2cc[n+](CCP(=O)(O)O)cc2)cc1. The molecule has 2 N–H and O–H groups in total. The lowest BCUT2D eigenvalue weighted by Gasteiger charge is -2.05. The fraction of sp³-hybridized carbons (Fsp3) is 0.222. The van der Waals surface area contributed by atoms with Crippen LogP contribution in [0.2, 0.25) is 0 Å². The maximum atomic E-state index is 11.0. The third-order valence-electron chi connectivity index (χ3n) is 4.08. The van der Waals surface area contributed by atoms with Crippen LogP contribution in [0.25, 0.3) is 22.3 Å². The van der Waals surface area contributed by atoms with E-state index in [0.717, 1.165) is 12.1 Å². The molecule has 3 aromatic heterocycles. The van der Waals surface area contributed by atoms with Gasteiger partial charge in [-0.25, -0.2) is 9.13 Å². The van der Waals surface area contributed by atoms with Crippen LogP contribution in [0.3, 0.4) is 0 Å². The van der Waals surface area contributed by atoms with E-state index in [2.05, 4.69) is 46.8 Å². The van der Waals surface area contributed by atoms with Gasteiger partial charge in [0.1, 0.15) is 12.7 Å². The van der Waals surface area contributed by atoms with Crippen molar-refractivity contribution < 1.29 is 23.5 Å². The summed E-state index contributed by atoms with van der Waals surface area (Å²) < 4.78 is 14.9. The van der Waals surface area contributed by atoms with Crippen LogP contribution in [0.15, 0.2) is 59.8 Å². The monoisotopic (exact) mass is 376 g/mol. The van der Waals surface area contributed by atoms with Gasteiger partial charge in [0.15, 0.2) is 31.3 Å². The first-order valence-corrected chi connectivity index (χ1v) is 10.8. The molecule has 0 aliphatic carbocycles. The van der Waals surface area contributed by atoms with Crippen LogP contribution in [0, 0.1) is 0 Å². The highest BCUT2D eigenvalue weighted by Crippen LogP contribution is 2.35. The van der Waals surface area contributed by atoms with Crippen LogP contribution in [0.1, 0.15) is 6.92 Å². The smallest absolute Gasteiger partial charge is 0.324 e. The summed E-state index contributed by atoms with van der Waals surface area (Å²) in [6.07, 6.45) is 7.74. The van der Waals surface area contributed by atoms with Gasteiger partial charge in [-0.05, 0) is 28.8 Å². The maximum absolute atomic E-state index is 11.0. The minimum absolute atomic E-state index is 0.151. The maximum Gasteiger partial charge on any atom is 0.331 e. The van der Waals surface area contributed by atoms with Crippen LogP contribution in [-0.4, -0.2) is 15.9 Å². The summed E-state index contributed by atoms with van der Waals surface area (Å²) in [5.41, 5.74) is 4.64. The highest BCUT2D eigenvalue weighted by molar-refractivity contribution is 7.51. The number of thiophene rings is 1. The van der Waals surface area contributed by atoms with E-state index in [1.807, 2.05) is 24.5 Å². The molecule has 0 aliphatic rings. The fourth-order valence-electron chi connectivity index (χ4n) is 2.62. The minimum atomic E-state index is -3.97. The Hall–Kier alpha value is -1.85.